The van der Waals surface area contributed by atoms with E-state index in [0.717, 1.165) is 39.4 Å². The van der Waals surface area contributed by atoms with Gasteiger partial charge in [0.25, 0.3) is 0 Å². The van der Waals surface area contributed by atoms with Crippen molar-refractivity contribution in [1.29, 1.82) is 5.26 Å². The largest absolute Gasteiger partial charge is 0.493 e. The molecule has 6 heteroatoms. The van der Waals surface area contributed by atoms with E-state index in [1.165, 1.54) is 10.4 Å². The zero-order valence-corrected chi connectivity index (χ0v) is 16.3. The SMILES string of the molecule is N#Cc1ccc2c(c1)OCCc1cc(-c3[nH]ncc3-c3ccccc3Cl)sc1-2. The lowest BCUT2D eigenvalue weighted by atomic mass is 10.0. The third-order valence-electron chi connectivity index (χ3n) is 4.84. The first-order chi connectivity index (χ1) is 13.7. The first-order valence-electron chi connectivity index (χ1n) is 8.83. The van der Waals surface area contributed by atoms with Crippen LogP contribution in [0.3, 0.4) is 0 Å². The normalized spacial score (nSPS) is 12.4. The zero-order valence-electron chi connectivity index (χ0n) is 14.7. The van der Waals surface area contributed by atoms with Gasteiger partial charge in [0.1, 0.15) is 5.75 Å². The van der Waals surface area contributed by atoms with Gasteiger partial charge in [0.05, 0.1) is 35.0 Å². The van der Waals surface area contributed by atoms with Crippen molar-refractivity contribution in [3.05, 3.63) is 70.9 Å². The summed E-state index contributed by atoms with van der Waals surface area (Å²) >= 11 is 8.11. The number of nitriles is 1. The third kappa shape index (κ3) is 2.78. The Hall–Kier alpha value is -3.07. The number of fused-ring (bicyclic) bond motifs is 3. The molecule has 4 nitrogen and oxygen atoms in total. The van der Waals surface area contributed by atoms with Crippen molar-refractivity contribution >= 4 is 22.9 Å². The second kappa shape index (κ2) is 6.83. The van der Waals surface area contributed by atoms with Crippen LogP contribution in [-0.2, 0) is 6.42 Å². The van der Waals surface area contributed by atoms with Gasteiger partial charge in [-0.2, -0.15) is 10.4 Å². The topological polar surface area (TPSA) is 61.7 Å². The number of thiophene rings is 1. The number of rotatable bonds is 2. The minimum absolute atomic E-state index is 0.589. The lowest BCUT2D eigenvalue weighted by Gasteiger charge is -2.07. The van der Waals surface area contributed by atoms with Gasteiger partial charge in [-0.1, -0.05) is 29.8 Å². The van der Waals surface area contributed by atoms with Crippen LogP contribution in [0.5, 0.6) is 5.75 Å². The highest BCUT2D eigenvalue weighted by atomic mass is 35.5. The van der Waals surface area contributed by atoms with E-state index in [2.05, 4.69) is 22.3 Å². The Balaban J connectivity index is 1.64. The van der Waals surface area contributed by atoms with Crippen molar-refractivity contribution in [3.8, 4) is 44.0 Å². The molecule has 1 aliphatic heterocycles. The number of aromatic nitrogens is 2. The summed E-state index contributed by atoms with van der Waals surface area (Å²) in [7, 11) is 0. The third-order valence-corrected chi connectivity index (χ3v) is 6.40. The standard InChI is InChI=1S/C22H14ClN3OS/c23-18-4-2-1-3-15(18)17-12-25-26-21(17)20-10-14-7-8-27-19-9-13(11-24)5-6-16(19)22(14)28-20/h1-6,9-10,12H,7-8H2,(H,25,26). The number of nitrogens with zero attached hydrogens (tertiary/aromatic N) is 2. The van der Waals surface area contributed by atoms with Gasteiger partial charge in [-0.15, -0.1) is 11.3 Å². The number of ether oxygens (including phenoxy) is 1. The highest BCUT2D eigenvalue weighted by Gasteiger charge is 2.22. The molecule has 1 aliphatic rings. The van der Waals surface area contributed by atoms with Crippen molar-refractivity contribution in [2.24, 2.45) is 0 Å². The van der Waals surface area contributed by atoms with E-state index in [0.29, 0.717) is 17.2 Å². The van der Waals surface area contributed by atoms with Crippen molar-refractivity contribution in [2.75, 3.05) is 6.61 Å². The second-order valence-electron chi connectivity index (χ2n) is 6.52. The number of halogens is 1. The van der Waals surface area contributed by atoms with E-state index in [4.69, 9.17) is 16.3 Å². The molecule has 0 bridgehead atoms. The van der Waals surface area contributed by atoms with E-state index < -0.39 is 0 Å². The Morgan fingerprint density at radius 3 is 2.86 bits per heavy atom. The molecule has 5 rings (SSSR count). The van der Waals surface area contributed by atoms with Gasteiger partial charge in [-0.25, -0.2) is 0 Å². The molecular weight excluding hydrogens is 390 g/mol. The molecule has 0 atom stereocenters. The summed E-state index contributed by atoms with van der Waals surface area (Å²) in [6, 6.07) is 17.8. The Bertz CT molecular complexity index is 1230. The Morgan fingerprint density at radius 2 is 2.00 bits per heavy atom. The van der Waals surface area contributed by atoms with Crippen molar-refractivity contribution in [2.45, 2.75) is 6.42 Å². The average molecular weight is 404 g/mol. The minimum Gasteiger partial charge on any atom is -0.493 e. The molecule has 3 heterocycles. The van der Waals surface area contributed by atoms with Gasteiger partial charge in [0, 0.05) is 33.0 Å². The first kappa shape index (κ1) is 17.1. The molecule has 1 N–H and O–H groups in total. The molecule has 0 spiro atoms. The van der Waals surface area contributed by atoms with Crippen LogP contribution in [0, 0.1) is 11.3 Å². The highest BCUT2D eigenvalue weighted by molar-refractivity contribution is 7.19. The first-order valence-corrected chi connectivity index (χ1v) is 10.0. The maximum atomic E-state index is 9.17. The summed E-state index contributed by atoms with van der Waals surface area (Å²) in [6.07, 6.45) is 2.63. The van der Waals surface area contributed by atoms with Crippen LogP contribution in [0.15, 0.2) is 54.7 Å². The molecule has 28 heavy (non-hydrogen) atoms. The maximum Gasteiger partial charge on any atom is 0.129 e. The molecule has 2 aromatic carbocycles. The molecule has 0 aliphatic carbocycles. The van der Waals surface area contributed by atoms with E-state index in [9.17, 15) is 5.26 Å². The summed E-state index contributed by atoms with van der Waals surface area (Å²) in [5, 5.41) is 17.3. The van der Waals surface area contributed by atoms with Gasteiger partial charge in [-0.3, -0.25) is 5.10 Å². The number of hydrogen-bond acceptors (Lipinski definition) is 4. The van der Waals surface area contributed by atoms with Gasteiger partial charge in [0.15, 0.2) is 0 Å². The molecular formula is C22H14ClN3OS. The number of aromatic amines is 1. The van der Waals surface area contributed by atoms with E-state index in [1.54, 1.807) is 11.3 Å². The molecule has 0 unspecified atom stereocenters. The Morgan fingerprint density at radius 1 is 1.11 bits per heavy atom. The molecule has 0 fully saturated rings. The number of nitrogens with one attached hydrogen (secondary N) is 1. The number of hydrogen-bond donors (Lipinski definition) is 1. The second-order valence-corrected chi connectivity index (χ2v) is 7.98. The van der Waals surface area contributed by atoms with Gasteiger partial charge in [0.2, 0.25) is 0 Å². The van der Waals surface area contributed by atoms with Crippen LogP contribution in [0.1, 0.15) is 11.1 Å². The van der Waals surface area contributed by atoms with Crippen LogP contribution in [0.2, 0.25) is 5.02 Å². The van der Waals surface area contributed by atoms with Gasteiger partial charge in [-0.05, 0) is 35.9 Å². The van der Waals surface area contributed by atoms with Crippen LogP contribution >= 0.6 is 22.9 Å². The van der Waals surface area contributed by atoms with E-state index in [1.807, 2.05) is 48.7 Å². The quantitative estimate of drug-likeness (QED) is 0.451. The Labute approximate surface area is 171 Å². The zero-order chi connectivity index (χ0) is 19.1. The summed E-state index contributed by atoms with van der Waals surface area (Å²) in [5.74, 6) is 0.766. The molecule has 0 saturated heterocycles. The van der Waals surface area contributed by atoms with Crippen LogP contribution < -0.4 is 4.74 Å². The average Bonchev–Trinajstić information content (AvgIpc) is 3.32. The van der Waals surface area contributed by atoms with Crippen molar-refractivity contribution in [3.63, 3.8) is 0 Å². The van der Waals surface area contributed by atoms with Gasteiger partial charge >= 0.3 is 0 Å². The molecule has 4 aromatic rings. The fraction of sp³-hybridized carbons (Fsp3) is 0.0909. The molecule has 0 radical (unpaired) electrons. The lowest BCUT2D eigenvalue weighted by Crippen LogP contribution is -1.98. The maximum absolute atomic E-state index is 9.17. The predicted octanol–water partition coefficient (Wildman–Crippen LogP) is 5.93. The minimum atomic E-state index is 0.589. The van der Waals surface area contributed by atoms with E-state index in [-0.39, 0.29) is 0 Å². The highest BCUT2D eigenvalue weighted by Crippen LogP contribution is 2.45. The lowest BCUT2D eigenvalue weighted by molar-refractivity contribution is 0.326. The smallest absolute Gasteiger partial charge is 0.129 e. The van der Waals surface area contributed by atoms with Gasteiger partial charge < -0.3 is 4.74 Å². The Kier molecular flexibility index (Phi) is 4.16. The van der Waals surface area contributed by atoms with Crippen molar-refractivity contribution < 1.29 is 4.74 Å². The molecule has 136 valence electrons. The van der Waals surface area contributed by atoms with Crippen LogP contribution in [-0.4, -0.2) is 16.8 Å². The monoisotopic (exact) mass is 403 g/mol. The fourth-order valence-electron chi connectivity index (χ4n) is 3.49. The van der Waals surface area contributed by atoms with Crippen LogP contribution in [0.4, 0.5) is 0 Å². The summed E-state index contributed by atoms with van der Waals surface area (Å²) < 4.78 is 5.89. The fourth-order valence-corrected chi connectivity index (χ4v) is 4.98. The number of benzene rings is 2. The number of H-pyrrole nitrogens is 1. The van der Waals surface area contributed by atoms with Crippen molar-refractivity contribution in [1.82, 2.24) is 10.2 Å². The summed E-state index contributed by atoms with van der Waals surface area (Å²) in [5.41, 5.74) is 5.78. The predicted molar refractivity (Wildman–Crippen MR) is 112 cm³/mol. The van der Waals surface area contributed by atoms with Crippen LogP contribution in [0.25, 0.3) is 32.1 Å². The molecule has 0 saturated carbocycles. The molecule has 0 amide bonds. The molecule has 2 aromatic heterocycles. The summed E-state index contributed by atoms with van der Waals surface area (Å²) in [4.78, 5) is 2.28. The van der Waals surface area contributed by atoms with E-state index >= 15 is 0 Å². The summed E-state index contributed by atoms with van der Waals surface area (Å²) in [6.45, 7) is 0.589.